The minimum Gasteiger partial charge on any atom is -0.348 e. The van der Waals surface area contributed by atoms with Gasteiger partial charge in [-0.15, -0.1) is 0 Å². The molecule has 2 amide bonds. The van der Waals surface area contributed by atoms with E-state index in [-0.39, 0.29) is 23.8 Å². The maximum Gasteiger partial charge on any atom is 0.243 e. The zero-order valence-electron chi connectivity index (χ0n) is 14.6. The molecule has 0 saturated heterocycles. The lowest BCUT2D eigenvalue weighted by Gasteiger charge is -2.24. The lowest BCUT2D eigenvalue weighted by molar-refractivity contribution is -0.129. The monoisotopic (exact) mass is 316 g/mol. The van der Waals surface area contributed by atoms with Crippen LogP contribution in [0.15, 0.2) is 18.2 Å². The van der Waals surface area contributed by atoms with Crippen molar-refractivity contribution in [2.45, 2.75) is 65.5 Å². The van der Waals surface area contributed by atoms with Crippen LogP contribution in [0, 0.1) is 5.92 Å². The van der Waals surface area contributed by atoms with Crippen LogP contribution in [0.4, 0.5) is 0 Å². The number of carbonyl (C=O) groups excluding carboxylic acids is 2. The zero-order valence-corrected chi connectivity index (χ0v) is 14.6. The van der Waals surface area contributed by atoms with Crippen molar-refractivity contribution in [2.24, 2.45) is 5.92 Å². The van der Waals surface area contributed by atoms with Crippen molar-refractivity contribution in [3.8, 4) is 0 Å². The first-order valence-corrected chi connectivity index (χ1v) is 8.57. The van der Waals surface area contributed by atoms with Crippen molar-refractivity contribution in [1.82, 2.24) is 10.6 Å². The maximum atomic E-state index is 12.5. The number of rotatable bonds is 5. The highest BCUT2D eigenvalue weighted by molar-refractivity contribution is 5.87. The Hall–Kier alpha value is -1.84. The Bertz CT molecular complexity index is 581. The van der Waals surface area contributed by atoms with Gasteiger partial charge in [-0.05, 0) is 55.2 Å². The first kappa shape index (κ1) is 17.5. The molecular formula is C19H28N2O2. The van der Waals surface area contributed by atoms with Gasteiger partial charge in [0, 0.05) is 6.92 Å². The van der Waals surface area contributed by atoms with Gasteiger partial charge in [0.15, 0.2) is 0 Å². The number of hydrogen-bond donors (Lipinski definition) is 2. The van der Waals surface area contributed by atoms with E-state index >= 15 is 0 Å². The number of aryl methyl sites for hydroxylation is 2. The van der Waals surface area contributed by atoms with E-state index in [2.05, 4.69) is 28.8 Å². The smallest absolute Gasteiger partial charge is 0.243 e. The van der Waals surface area contributed by atoms with Gasteiger partial charge in [-0.25, -0.2) is 0 Å². The molecule has 0 radical (unpaired) electrons. The lowest BCUT2D eigenvalue weighted by Crippen LogP contribution is -2.49. The molecule has 4 nitrogen and oxygen atoms in total. The average Bonchev–Trinajstić information content (AvgIpc) is 2.51. The van der Waals surface area contributed by atoms with Crippen LogP contribution in [0.2, 0.25) is 0 Å². The molecule has 1 aromatic carbocycles. The van der Waals surface area contributed by atoms with E-state index in [0.717, 1.165) is 18.4 Å². The van der Waals surface area contributed by atoms with Crippen LogP contribution in [0.1, 0.15) is 63.3 Å². The quantitative estimate of drug-likeness (QED) is 0.877. The number of amides is 2. The van der Waals surface area contributed by atoms with Gasteiger partial charge in [-0.1, -0.05) is 32.0 Å². The van der Waals surface area contributed by atoms with Crippen molar-refractivity contribution in [3.05, 3.63) is 34.9 Å². The largest absolute Gasteiger partial charge is 0.348 e. The molecule has 126 valence electrons. The van der Waals surface area contributed by atoms with Crippen LogP contribution in [0.25, 0.3) is 0 Å². The van der Waals surface area contributed by atoms with Crippen LogP contribution < -0.4 is 10.6 Å². The Balaban J connectivity index is 2.06. The van der Waals surface area contributed by atoms with Gasteiger partial charge < -0.3 is 10.6 Å². The number of fused-ring (bicyclic) bond motifs is 1. The minimum absolute atomic E-state index is 0.0506. The summed E-state index contributed by atoms with van der Waals surface area (Å²) in [5.74, 6) is -0.254. The van der Waals surface area contributed by atoms with Gasteiger partial charge in [0.1, 0.15) is 6.04 Å². The van der Waals surface area contributed by atoms with Crippen LogP contribution in [-0.4, -0.2) is 17.9 Å². The first-order valence-electron chi connectivity index (χ1n) is 8.57. The predicted molar refractivity (Wildman–Crippen MR) is 92.1 cm³/mol. The summed E-state index contributed by atoms with van der Waals surface area (Å²) in [7, 11) is 0. The fourth-order valence-corrected chi connectivity index (χ4v) is 3.16. The summed E-state index contributed by atoms with van der Waals surface area (Å²) in [6.45, 7) is 7.30. The second kappa shape index (κ2) is 7.62. The first-order chi connectivity index (χ1) is 10.9. The highest BCUT2D eigenvalue weighted by Gasteiger charge is 2.24. The van der Waals surface area contributed by atoms with Gasteiger partial charge in [0.2, 0.25) is 11.8 Å². The van der Waals surface area contributed by atoms with Gasteiger partial charge in [0.25, 0.3) is 0 Å². The summed E-state index contributed by atoms with van der Waals surface area (Å²) in [6.07, 6.45) is 4.80. The van der Waals surface area contributed by atoms with E-state index in [1.54, 1.807) is 0 Å². The maximum absolute atomic E-state index is 12.5. The van der Waals surface area contributed by atoms with Crippen LogP contribution in [-0.2, 0) is 22.4 Å². The highest BCUT2D eigenvalue weighted by atomic mass is 16.2. The second-order valence-electron chi connectivity index (χ2n) is 6.89. The van der Waals surface area contributed by atoms with E-state index in [9.17, 15) is 9.59 Å². The topological polar surface area (TPSA) is 58.2 Å². The SMILES string of the molecule is CC(=O)N[C@@H](C(=O)N[C@@H](C)c1ccc2c(c1)CCCC2)C(C)C. The molecule has 1 aromatic rings. The third kappa shape index (κ3) is 4.57. The minimum atomic E-state index is -0.493. The molecule has 1 aliphatic carbocycles. The predicted octanol–water partition coefficient (Wildman–Crippen LogP) is 2.90. The molecule has 4 heteroatoms. The third-order valence-corrected chi connectivity index (χ3v) is 4.54. The average molecular weight is 316 g/mol. The molecule has 0 spiro atoms. The van der Waals surface area contributed by atoms with Crippen molar-refractivity contribution in [3.63, 3.8) is 0 Å². The Labute approximate surface area is 139 Å². The fourth-order valence-electron chi connectivity index (χ4n) is 3.16. The number of benzene rings is 1. The molecule has 0 saturated carbocycles. The standard InChI is InChI=1S/C19H28N2O2/c1-12(2)18(21-14(4)22)19(23)20-13(3)16-10-9-15-7-5-6-8-17(15)11-16/h9-13,18H,5-8H2,1-4H3,(H,20,23)(H,21,22)/t13-,18+/m0/s1. The van der Waals surface area contributed by atoms with Gasteiger partial charge in [-0.2, -0.15) is 0 Å². The van der Waals surface area contributed by atoms with Crippen molar-refractivity contribution in [1.29, 1.82) is 0 Å². The zero-order chi connectivity index (χ0) is 17.0. The summed E-state index contributed by atoms with van der Waals surface area (Å²) < 4.78 is 0. The molecule has 23 heavy (non-hydrogen) atoms. The number of nitrogens with one attached hydrogen (secondary N) is 2. The molecular weight excluding hydrogens is 288 g/mol. The summed E-state index contributed by atoms with van der Waals surface area (Å²) >= 11 is 0. The Kier molecular flexibility index (Phi) is 5.80. The Morgan fingerprint density at radius 2 is 1.65 bits per heavy atom. The third-order valence-electron chi connectivity index (χ3n) is 4.54. The molecule has 0 fully saturated rings. The molecule has 0 bridgehead atoms. The molecule has 2 N–H and O–H groups in total. The van der Waals surface area contributed by atoms with Crippen molar-refractivity contribution in [2.75, 3.05) is 0 Å². The van der Waals surface area contributed by atoms with E-state index in [1.807, 2.05) is 20.8 Å². The van der Waals surface area contributed by atoms with Crippen molar-refractivity contribution >= 4 is 11.8 Å². The molecule has 2 rings (SSSR count). The summed E-state index contributed by atoms with van der Waals surface area (Å²) in [5.41, 5.74) is 3.98. The molecule has 0 aromatic heterocycles. The van der Waals surface area contributed by atoms with Crippen LogP contribution in [0.5, 0.6) is 0 Å². The van der Waals surface area contributed by atoms with Crippen molar-refractivity contribution < 1.29 is 9.59 Å². The van der Waals surface area contributed by atoms with E-state index in [1.165, 1.54) is 30.9 Å². The molecule has 2 atom stereocenters. The van der Waals surface area contributed by atoms with Gasteiger partial charge in [-0.3, -0.25) is 9.59 Å². The summed E-state index contributed by atoms with van der Waals surface area (Å²) in [5, 5.41) is 5.77. The number of carbonyl (C=O) groups is 2. The van der Waals surface area contributed by atoms with E-state index in [0.29, 0.717) is 0 Å². The number of hydrogen-bond acceptors (Lipinski definition) is 2. The van der Waals surface area contributed by atoms with Gasteiger partial charge in [0.05, 0.1) is 6.04 Å². The molecule has 0 heterocycles. The Morgan fingerprint density at radius 3 is 2.26 bits per heavy atom. The normalized spacial score (nSPS) is 16.4. The fraction of sp³-hybridized carbons (Fsp3) is 0.579. The summed E-state index contributed by atoms with van der Waals surface area (Å²) in [4.78, 5) is 23.8. The van der Waals surface area contributed by atoms with E-state index < -0.39 is 6.04 Å². The molecule has 0 aliphatic heterocycles. The summed E-state index contributed by atoms with van der Waals surface area (Å²) in [6, 6.07) is 5.97. The van der Waals surface area contributed by atoms with Crippen LogP contribution >= 0.6 is 0 Å². The van der Waals surface area contributed by atoms with Gasteiger partial charge >= 0.3 is 0 Å². The van der Waals surface area contributed by atoms with E-state index in [4.69, 9.17) is 0 Å². The molecule has 0 unspecified atom stereocenters. The Morgan fingerprint density at radius 1 is 1.00 bits per heavy atom. The lowest BCUT2D eigenvalue weighted by atomic mass is 9.89. The van der Waals surface area contributed by atoms with Crippen LogP contribution in [0.3, 0.4) is 0 Å². The highest BCUT2D eigenvalue weighted by Crippen LogP contribution is 2.24. The molecule has 1 aliphatic rings. The second-order valence-corrected chi connectivity index (χ2v) is 6.89.